The van der Waals surface area contributed by atoms with Crippen LogP contribution < -0.4 is 11.1 Å². The van der Waals surface area contributed by atoms with Crippen LogP contribution in [-0.4, -0.2) is 50.3 Å². The third kappa shape index (κ3) is 5.96. The molecule has 8 nitrogen and oxygen atoms in total. The molecule has 0 spiro atoms. The maximum atomic E-state index is 13.5. The van der Waals surface area contributed by atoms with Gasteiger partial charge in [-0.1, -0.05) is 18.2 Å². The molecule has 1 saturated heterocycles. The van der Waals surface area contributed by atoms with Crippen LogP contribution in [0.4, 0.5) is 10.1 Å². The van der Waals surface area contributed by atoms with Gasteiger partial charge >= 0.3 is 0 Å². The topological polar surface area (TPSA) is 106 Å². The van der Waals surface area contributed by atoms with E-state index in [1.54, 1.807) is 36.4 Å². The zero-order chi connectivity index (χ0) is 23.2. The Morgan fingerprint density at radius 3 is 2.36 bits per heavy atom. The number of thioether (sulfide) groups is 1. The Labute approximate surface area is 195 Å². The van der Waals surface area contributed by atoms with E-state index in [4.69, 9.17) is 5.73 Å². The van der Waals surface area contributed by atoms with Crippen molar-refractivity contribution in [2.75, 3.05) is 24.2 Å². The maximum Gasteiger partial charge on any atom is 0.248 e. The van der Waals surface area contributed by atoms with Crippen molar-refractivity contribution in [3.8, 4) is 5.69 Å². The van der Waals surface area contributed by atoms with Crippen LogP contribution in [0.1, 0.15) is 35.4 Å². The van der Waals surface area contributed by atoms with E-state index in [1.165, 1.54) is 30.3 Å². The molecule has 1 aliphatic rings. The third-order valence-corrected chi connectivity index (χ3v) is 6.31. The normalized spacial score (nSPS) is 14.2. The molecule has 0 atom stereocenters. The number of amides is 2. The van der Waals surface area contributed by atoms with E-state index < -0.39 is 5.91 Å². The lowest BCUT2D eigenvalue weighted by Crippen LogP contribution is -2.30. The number of primary amides is 1. The molecular weight excluding hydrogens is 443 g/mol. The Kier molecular flexibility index (Phi) is 7.36. The summed E-state index contributed by atoms with van der Waals surface area (Å²) in [5.74, 6) is -0.198. The van der Waals surface area contributed by atoms with Gasteiger partial charge in [0.2, 0.25) is 11.8 Å². The number of aromatic nitrogens is 3. The molecule has 33 heavy (non-hydrogen) atoms. The van der Waals surface area contributed by atoms with Gasteiger partial charge in [0.15, 0.2) is 11.0 Å². The van der Waals surface area contributed by atoms with Gasteiger partial charge in [-0.2, -0.15) is 0 Å². The van der Waals surface area contributed by atoms with Crippen LogP contribution in [0.2, 0.25) is 0 Å². The van der Waals surface area contributed by atoms with E-state index in [1.807, 2.05) is 4.57 Å². The Hall–Kier alpha value is -3.24. The van der Waals surface area contributed by atoms with Gasteiger partial charge in [-0.3, -0.25) is 19.1 Å². The third-order valence-electron chi connectivity index (χ3n) is 5.38. The number of halogens is 1. The lowest BCUT2D eigenvalue weighted by atomic mass is 10.1. The van der Waals surface area contributed by atoms with Crippen molar-refractivity contribution in [2.24, 2.45) is 5.73 Å². The van der Waals surface area contributed by atoms with Gasteiger partial charge in [0.25, 0.3) is 0 Å². The highest BCUT2D eigenvalue weighted by Crippen LogP contribution is 2.24. The lowest BCUT2D eigenvalue weighted by Gasteiger charge is -2.26. The summed E-state index contributed by atoms with van der Waals surface area (Å²) in [4.78, 5) is 26.0. The standard InChI is InChI=1S/C23H25FN6O2S/c24-17-6-10-19(11-7-17)30-20(14-29-12-2-1-3-13-29)27-28-23(30)33-15-21(31)26-18-8-4-16(5-9-18)22(25)32/h4-11H,1-3,12-15H2,(H2,25,32)(H,26,31). The minimum Gasteiger partial charge on any atom is -0.366 e. The van der Waals surface area contributed by atoms with E-state index in [2.05, 4.69) is 20.4 Å². The molecule has 2 aromatic carbocycles. The molecule has 4 rings (SSSR count). The summed E-state index contributed by atoms with van der Waals surface area (Å²) in [6.45, 7) is 2.66. The fourth-order valence-corrected chi connectivity index (χ4v) is 4.48. The molecule has 2 amide bonds. The molecule has 3 N–H and O–H groups in total. The van der Waals surface area contributed by atoms with E-state index >= 15 is 0 Å². The fourth-order valence-electron chi connectivity index (χ4n) is 3.71. The molecule has 0 unspecified atom stereocenters. The van der Waals surface area contributed by atoms with Crippen molar-refractivity contribution < 1.29 is 14.0 Å². The number of nitrogens with one attached hydrogen (secondary N) is 1. The Bertz CT molecular complexity index is 1110. The van der Waals surface area contributed by atoms with Gasteiger partial charge < -0.3 is 11.1 Å². The second-order valence-electron chi connectivity index (χ2n) is 7.83. The summed E-state index contributed by atoms with van der Waals surface area (Å²) in [7, 11) is 0. The minimum atomic E-state index is -0.524. The zero-order valence-electron chi connectivity index (χ0n) is 18.0. The van der Waals surface area contributed by atoms with Gasteiger partial charge in [0.1, 0.15) is 5.82 Å². The van der Waals surface area contributed by atoms with Gasteiger partial charge in [-0.15, -0.1) is 10.2 Å². The molecule has 0 bridgehead atoms. The van der Waals surface area contributed by atoms with E-state index in [9.17, 15) is 14.0 Å². The number of anilines is 1. The summed E-state index contributed by atoms with van der Waals surface area (Å²) in [5.41, 5.74) is 6.93. The van der Waals surface area contributed by atoms with Crippen LogP contribution in [0.15, 0.2) is 53.7 Å². The van der Waals surface area contributed by atoms with Crippen molar-refractivity contribution in [2.45, 2.75) is 31.0 Å². The first-order valence-electron chi connectivity index (χ1n) is 10.7. The first kappa shape index (κ1) is 22.9. The van der Waals surface area contributed by atoms with Crippen LogP contribution >= 0.6 is 11.8 Å². The number of nitrogens with two attached hydrogens (primary N) is 1. The highest BCUT2D eigenvalue weighted by atomic mass is 32.2. The molecule has 1 fully saturated rings. The summed E-state index contributed by atoms with van der Waals surface area (Å²) in [5, 5.41) is 12.0. The summed E-state index contributed by atoms with van der Waals surface area (Å²) in [6.07, 6.45) is 3.56. The molecule has 0 radical (unpaired) electrons. The van der Waals surface area contributed by atoms with Gasteiger partial charge in [0.05, 0.1) is 12.3 Å². The molecule has 2 heterocycles. The SMILES string of the molecule is NC(=O)c1ccc(NC(=O)CSc2nnc(CN3CCCCC3)n2-c2ccc(F)cc2)cc1. The minimum absolute atomic E-state index is 0.112. The number of rotatable bonds is 8. The Morgan fingerprint density at radius 1 is 1.00 bits per heavy atom. The van der Waals surface area contributed by atoms with E-state index in [-0.39, 0.29) is 17.5 Å². The van der Waals surface area contributed by atoms with E-state index in [0.29, 0.717) is 23.0 Å². The summed E-state index contributed by atoms with van der Waals surface area (Å²) in [6, 6.07) is 12.5. The van der Waals surface area contributed by atoms with Crippen molar-refractivity contribution in [1.82, 2.24) is 19.7 Å². The molecule has 172 valence electrons. The largest absolute Gasteiger partial charge is 0.366 e. The maximum absolute atomic E-state index is 13.5. The lowest BCUT2D eigenvalue weighted by molar-refractivity contribution is -0.113. The molecular formula is C23H25FN6O2S. The van der Waals surface area contributed by atoms with Crippen molar-refractivity contribution in [3.63, 3.8) is 0 Å². The van der Waals surface area contributed by atoms with Crippen LogP contribution in [0.25, 0.3) is 5.69 Å². The second-order valence-corrected chi connectivity index (χ2v) is 8.77. The summed E-state index contributed by atoms with van der Waals surface area (Å²) < 4.78 is 15.4. The Balaban J connectivity index is 1.47. The highest BCUT2D eigenvalue weighted by Gasteiger charge is 2.19. The molecule has 0 saturated carbocycles. The monoisotopic (exact) mass is 468 g/mol. The molecule has 1 aromatic heterocycles. The zero-order valence-corrected chi connectivity index (χ0v) is 18.9. The van der Waals surface area contributed by atoms with Gasteiger partial charge in [-0.05, 0) is 74.5 Å². The van der Waals surface area contributed by atoms with E-state index in [0.717, 1.165) is 37.4 Å². The van der Waals surface area contributed by atoms with Crippen LogP contribution in [0.5, 0.6) is 0 Å². The average molecular weight is 469 g/mol. The van der Waals surface area contributed by atoms with Crippen molar-refractivity contribution >= 4 is 29.3 Å². The number of carbonyl (C=O) groups excluding carboxylic acids is 2. The molecule has 3 aromatic rings. The highest BCUT2D eigenvalue weighted by molar-refractivity contribution is 7.99. The molecule has 0 aliphatic carbocycles. The predicted octanol–water partition coefficient (Wildman–Crippen LogP) is 3.22. The number of nitrogens with zero attached hydrogens (tertiary/aromatic N) is 4. The number of benzene rings is 2. The first-order valence-corrected chi connectivity index (χ1v) is 11.7. The second kappa shape index (κ2) is 10.6. The number of hydrogen-bond acceptors (Lipinski definition) is 6. The van der Waals surface area contributed by atoms with Gasteiger partial charge in [0, 0.05) is 16.9 Å². The Morgan fingerprint density at radius 2 is 1.70 bits per heavy atom. The first-order chi connectivity index (χ1) is 16.0. The predicted molar refractivity (Wildman–Crippen MR) is 125 cm³/mol. The number of likely N-dealkylation sites (tertiary alicyclic amines) is 1. The molecule has 1 aliphatic heterocycles. The molecule has 10 heteroatoms. The van der Waals surface area contributed by atoms with Crippen LogP contribution in [-0.2, 0) is 11.3 Å². The number of hydrogen-bond donors (Lipinski definition) is 2. The van der Waals surface area contributed by atoms with Crippen molar-refractivity contribution in [3.05, 3.63) is 65.7 Å². The van der Waals surface area contributed by atoms with Gasteiger partial charge in [-0.25, -0.2) is 4.39 Å². The van der Waals surface area contributed by atoms with Crippen molar-refractivity contribution in [1.29, 1.82) is 0 Å². The van der Waals surface area contributed by atoms with Crippen LogP contribution in [0, 0.1) is 5.82 Å². The number of carbonyl (C=O) groups is 2. The van der Waals surface area contributed by atoms with Crippen LogP contribution in [0.3, 0.4) is 0 Å². The quantitative estimate of drug-likeness (QED) is 0.492. The smallest absolute Gasteiger partial charge is 0.248 e. The fraction of sp³-hybridized carbons (Fsp3) is 0.304. The average Bonchev–Trinajstić information content (AvgIpc) is 3.21. The number of piperidine rings is 1. The summed E-state index contributed by atoms with van der Waals surface area (Å²) >= 11 is 1.26.